The molecule has 0 aromatic heterocycles. The number of anilines is 1. The molecular formula is C15H12F3NO3. The molecule has 0 aliphatic heterocycles. The zero-order valence-electron chi connectivity index (χ0n) is 11.1. The van der Waals surface area contributed by atoms with Gasteiger partial charge in [0.2, 0.25) is 0 Å². The summed E-state index contributed by atoms with van der Waals surface area (Å²) in [5.74, 6) is -1.81. The van der Waals surface area contributed by atoms with Crippen molar-refractivity contribution in [3.05, 3.63) is 59.7 Å². The zero-order chi connectivity index (χ0) is 16.3. The fourth-order valence-electron chi connectivity index (χ4n) is 1.84. The maximum absolute atomic E-state index is 12.7. The van der Waals surface area contributed by atoms with Crippen molar-refractivity contribution in [2.75, 3.05) is 5.32 Å². The number of carbonyl (C=O) groups is 1. The van der Waals surface area contributed by atoms with Crippen molar-refractivity contribution in [1.29, 1.82) is 0 Å². The van der Waals surface area contributed by atoms with E-state index in [9.17, 15) is 28.2 Å². The average molecular weight is 311 g/mol. The number of benzene rings is 2. The number of hydrogen-bond acceptors (Lipinski definition) is 3. The van der Waals surface area contributed by atoms with Crippen LogP contribution in [0.25, 0.3) is 0 Å². The summed E-state index contributed by atoms with van der Waals surface area (Å²) < 4.78 is 38.0. The molecule has 0 radical (unpaired) electrons. The third-order valence-corrected chi connectivity index (χ3v) is 2.93. The number of alkyl halides is 3. The van der Waals surface area contributed by atoms with Crippen molar-refractivity contribution < 1.29 is 28.2 Å². The van der Waals surface area contributed by atoms with Gasteiger partial charge in [0, 0.05) is 5.69 Å². The Bertz CT molecular complexity index is 671. The van der Waals surface area contributed by atoms with E-state index in [0.29, 0.717) is 11.6 Å². The number of phenols is 1. The van der Waals surface area contributed by atoms with Crippen molar-refractivity contribution in [2.45, 2.75) is 12.3 Å². The molecule has 116 valence electrons. The molecule has 1 amide bonds. The number of phenolic OH excluding ortho intramolecular Hbond substituents is 1. The second-order valence-electron chi connectivity index (χ2n) is 4.53. The molecule has 2 aromatic rings. The molecule has 0 aliphatic rings. The first-order chi connectivity index (χ1) is 10.3. The molecule has 0 saturated carbocycles. The van der Waals surface area contributed by atoms with Gasteiger partial charge < -0.3 is 15.5 Å². The Kier molecular flexibility index (Phi) is 4.37. The zero-order valence-corrected chi connectivity index (χ0v) is 11.1. The first-order valence-corrected chi connectivity index (χ1v) is 6.23. The Morgan fingerprint density at radius 2 is 1.73 bits per heavy atom. The van der Waals surface area contributed by atoms with E-state index in [4.69, 9.17) is 0 Å². The molecule has 0 saturated heterocycles. The molecule has 7 heteroatoms. The van der Waals surface area contributed by atoms with Crippen molar-refractivity contribution in [1.82, 2.24) is 0 Å². The van der Waals surface area contributed by atoms with Crippen LogP contribution >= 0.6 is 0 Å². The summed E-state index contributed by atoms with van der Waals surface area (Å²) in [5.41, 5.74) is -1.13. The number of carbonyl (C=O) groups excluding carboxylic acids is 1. The highest BCUT2D eigenvalue weighted by Crippen LogP contribution is 2.37. The van der Waals surface area contributed by atoms with Gasteiger partial charge >= 0.3 is 6.18 Å². The summed E-state index contributed by atoms with van der Waals surface area (Å²) in [6.45, 7) is 0. The van der Waals surface area contributed by atoms with Gasteiger partial charge in [-0.2, -0.15) is 13.2 Å². The third-order valence-electron chi connectivity index (χ3n) is 2.93. The lowest BCUT2D eigenvalue weighted by atomic mass is 10.1. The molecule has 2 aromatic carbocycles. The number of amides is 1. The van der Waals surface area contributed by atoms with Crippen LogP contribution in [-0.4, -0.2) is 16.1 Å². The summed E-state index contributed by atoms with van der Waals surface area (Å²) >= 11 is 0. The summed E-state index contributed by atoms with van der Waals surface area (Å²) in [6, 6.07) is 10.5. The molecule has 0 spiro atoms. The monoisotopic (exact) mass is 311 g/mol. The molecule has 2 rings (SSSR count). The number of aromatic hydroxyl groups is 1. The number of aliphatic hydroxyl groups is 1. The summed E-state index contributed by atoms with van der Waals surface area (Å²) in [4.78, 5) is 11.9. The SMILES string of the molecule is O=C(Nc1ccc(O)c(C(F)(F)F)c1)C(O)c1ccccc1. The molecule has 0 bridgehead atoms. The van der Waals surface area contributed by atoms with E-state index in [1.165, 1.54) is 12.1 Å². The van der Waals surface area contributed by atoms with Crippen LogP contribution in [0.5, 0.6) is 5.75 Å². The lowest BCUT2D eigenvalue weighted by Crippen LogP contribution is -2.21. The highest BCUT2D eigenvalue weighted by molar-refractivity contribution is 5.94. The standard InChI is InChI=1S/C15H12F3NO3/c16-15(17,18)11-8-10(6-7-12(11)20)19-14(22)13(21)9-4-2-1-3-5-9/h1-8,13,20-21H,(H,19,22). The minimum absolute atomic E-state index is 0.176. The van der Waals surface area contributed by atoms with Crippen LogP contribution < -0.4 is 5.32 Å². The van der Waals surface area contributed by atoms with Crippen molar-refractivity contribution >= 4 is 11.6 Å². The second kappa shape index (κ2) is 6.07. The Labute approximate surface area is 123 Å². The molecule has 1 unspecified atom stereocenters. The van der Waals surface area contributed by atoms with Gasteiger partial charge in [0.05, 0.1) is 5.56 Å². The van der Waals surface area contributed by atoms with Gasteiger partial charge in [0.1, 0.15) is 5.75 Å². The highest BCUT2D eigenvalue weighted by Gasteiger charge is 2.34. The van der Waals surface area contributed by atoms with Crippen LogP contribution in [0, 0.1) is 0 Å². The van der Waals surface area contributed by atoms with Crippen LogP contribution in [0.15, 0.2) is 48.5 Å². The Balaban J connectivity index is 2.19. The van der Waals surface area contributed by atoms with Gasteiger partial charge in [-0.1, -0.05) is 30.3 Å². The molecule has 22 heavy (non-hydrogen) atoms. The predicted molar refractivity (Wildman–Crippen MR) is 73.1 cm³/mol. The normalized spacial score (nSPS) is 12.7. The van der Waals surface area contributed by atoms with Crippen LogP contribution in [0.2, 0.25) is 0 Å². The number of rotatable bonds is 3. The van der Waals surface area contributed by atoms with Crippen molar-refractivity contribution in [2.24, 2.45) is 0 Å². The molecule has 1 atom stereocenters. The van der Waals surface area contributed by atoms with Gasteiger partial charge in [0.15, 0.2) is 6.10 Å². The number of halogens is 3. The predicted octanol–water partition coefficient (Wildman–Crippen LogP) is 3.08. The Morgan fingerprint density at radius 1 is 1.09 bits per heavy atom. The fourth-order valence-corrected chi connectivity index (χ4v) is 1.84. The molecule has 0 fully saturated rings. The molecule has 3 N–H and O–H groups in total. The van der Waals surface area contributed by atoms with Gasteiger partial charge in [-0.3, -0.25) is 4.79 Å². The van der Waals surface area contributed by atoms with E-state index >= 15 is 0 Å². The number of aliphatic hydroxyl groups excluding tert-OH is 1. The summed E-state index contributed by atoms with van der Waals surface area (Å²) in [7, 11) is 0. The van der Waals surface area contributed by atoms with Gasteiger partial charge in [-0.05, 0) is 23.8 Å². The minimum atomic E-state index is -4.75. The van der Waals surface area contributed by atoms with E-state index in [-0.39, 0.29) is 5.69 Å². The molecule has 0 heterocycles. The van der Waals surface area contributed by atoms with E-state index in [1.54, 1.807) is 18.2 Å². The van der Waals surface area contributed by atoms with E-state index in [0.717, 1.165) is 12.1 Å². The van der Waals surface area contributed by atoms with E-state index in [1.807, 2.05) is 0 Å². The Morgan fingerprint density at radius 3 is 2.32 bits per heavy atom. The molecular weight excluding hydrogens is 299 g/mol. The van der Waals surface area contributed by atoms with E-state index < -0.39 is 29.5 Å². The quantitative estimate of drug-likeness (QED) is 0.763. The van der Waals surface area contributed by atoms with Crippen LogP contribution in [-0.2, 0) is 11.0 Å². The average Bonchev–Trinajstić information content (AvgIpc) is 2.48. The summed E-state index contributed by atoms with van der Waals surface area (Å²) in [6.07, 6.45) is -6.26. The second-order valence-corrected chi connectivity index (χ2v) is 4.53. The first kappa shape index (κ1) is 15.8. The Hall–Kier alpha value is -2.54. The lowest BCUT2D eigenvalue weighted by Gasteiger charge is -2.14. The van der Waals surface area contributed by atoms with Crippen LogP contribution in [0.1, 0.15) is 17.2 Å². The third kappa shape index (κ3) is 3.56. The van der Waals surface area contributed by atoms with E-state index in [2.05, 4.69) is 5.32 Å². The van der Waals surface area contributed by atoms with Crippen LogP contribution in [0.4, 0.5) is 18.9 Å². The maximum Gasteiger partial charge on any atom is 0.420 e. The van der Waals surface area contributed by atoms with Crippen molar-refractivity contribution in [3.63, 3.8) is 0 Å². The van der Waals surface area contributed by atoms with Gasteiger partial charge in [0.25, 0.3) is 5.91 Å². The summed E-state index contributed by atoms with van der Waals surface area (Å²) in [5, 5.41) is 21.2. The maximum atomic E-state index is 12.7. The minimum Gasteiger partial charge on any atom is -0.507 e. The fraction of sp³-hybridized carbons (Fsp3) is 0.133. The van der Waals surface area contributed by atoms with Gasteiger partial charge in [-0.15, -0.1) is 0 Å². The smallest absolute Gasteiger partial charge is 0.420 e. The highest BCUT2D eigenvalue weighted by atomic mass is 19.4. The largest absolute Gasteiger partial charge is 0.507 e. The first-order valence-electron chi connectivity index (χ1n) is 6.23. The number of nitrogens with one attached hydrogen (secondary N) is 1. The topological polar surface area (TPSA) is 69.6 Å². The number of hydrogen-bond donors (Lipinski definition) is 3. The molecule has 0 aliphatic carbocycles. The lowest BCUT2D eigenvalue weighted by molar-refractivity contribution is -0.138. The van der Waals surface area contributed by atoms with Gasteiger partial charge in [-0.25, -0.2) is 0 Å². The van der Waals surface area contributed by atoms with Crippen molar-refractivity contribution in [3.8, 4) is 5.75 Å². The molecule has 4 nitrogen and oxygen atoms in total. The van der Waals surface area contributed by atoms with Crippen LogP contribution in [0.3, 0.4) is 0 Å².